The fourth-order valence-electron chi connectivity index (χ4n) is 0. The molecule has 0 fully saturated rings. The molecular formula is C4H12GaN. The maximum atomic E-state index is 2.35. The summed E-state index contributed by atoms with van der Waals surface area (Å²) in [6.07, 6.45) is 0. The minimum atomic E-state index is -0.794. The molecule has 0 aliphatic carbocycles. The van der Waals surface area contributed by atoms with E-state index >= 15 is 0 Å². The van der Waals surface area contributed by atoms with Crippen molar-refractivity contribution in [1.82, 2.24) is 3.61 Å². The Bertz CT molecular complexity index is 28.5. The summed E-state index contributed by atoms with van der Waals surface area (Å²) in [4.78, 5) is 0. The van der Waals surface area contributed by atoms with Crippen molar-refractivity contribution in [3.8, 4) is 0 Å². The van der Waals surface area contributed by atoms with Gasteiger partial charge < -0.3 is 0 Å². The fraction of sp³-hybridized carbons (Fsp3) is 1.00. The van der Waals surface area contributed by atoms with E-state index in [4.69, 9.17) is 0 Å². The summed E-state index contributed by atoms with van der Waals surface area (Å²) >= 11 is -0.794. The molecular weight excluding hydrogens is 132 g/mol. The van der Waals surface area contributed by atoms with Crippen molar-refractivity contribution in [1.29, 1.82) is 0 Å². The molecule has 0 bridgehead atoms. The topological polar surface area (TPSA) is 3.24 Å². The molecule has 0 rings (SSSR count). The summed E-state index contributed by atoms with van der Waals surface area (Å²) in [5.41, 5.74) is 4.71. The molecule has 0 amide bonds. The Hall–Kier alpha value is 0.596. The van der Waals surface area contributed by atoms with Crippen LogP contribution in [0.25, 0.3) is 0 Å². The van der Waals surface area contributed by atoms with Gasteiger partial charge in [0.25, 0.3) is 0 Å². The quantitative estimate of drug-likeness (QED) is 0.492. The Balaban J connectivity index is 2.99. The normalized spacial score (nSPS) is 9.50. The predicted octanol–water partition coefficient (Wildman–Crippen LogP) is 0.799. The van der Waals surface area contributed by atoms with E-state index < -0.39 is 16.5 Å². The van der Waals surface area contributed by atoms with Gasteiger partial charge in [0.1, 0.15) is 0 Å². The second kappa shape index (κ2) is 2.72. The van der Waals surface area contributed by atoms with E-state index in [9.17, 15) is 0 Å². The van der Waals surface area contributed by atoms with Gasteiger partial charge in [0, 0.05) is 0 Å². The first kappa shape index (κ1) is 6.60. The van der Waals surface area contributed by atoms with Gasteiger partial charge in [-0.2, -0.15) is 0 Å². The van der Waals surface area contributed by atoms with Crippen molar-refractivity contribution in [3.05, 3.63) is 0 Å². The molecule has 0 spiro atoms. The Labute approximate surface area is 45.6 Å². The van der Waals surface area contributed by atoms with Crippen LogP contribution in [0.15, 0.2) is 0 Å². The van der Waals surface area contributed by atoms with E-state index in [1.807, 2.05) is 0 Å². The van der Waals surface area contributed by atoms with Crippen molar-refractivity contribution in [2.75, 3.05) is 14.1 Å². The van der Waals surface area contributed by atoms with E-state index in [1.165, 1.54) is 0 Å². The third kappa shape index (κ3) is 2.81. The van der Waals surface area contributed by atoms with E-state index in [0.29, 0.717) is 0 Å². The Morgan fingerprint density at radius 3 is 1.33 bits per heavy atom. The van der Waals surface area contributed by atoms with Gasteiger partial charge in [-0.25, -0.2) is 0 Å². The summed E-state index contributed by atoms with van der Waals surface area (Å²) in [6.45, 7) is 0. The van der Waals surface area contributed by atoms with Gasteiger partial charge in [-0.05, 0) is 0 Å². The standard InChI is InChI=1S/C2H6N.2CH3.Ga/c1-3-2;;;/h1-2H3;2*1H3;/q-1;;;+1. The third-order valence-electron chi connectivity index (χ3n) is 1.03. The number of nitrogens with zero attached hydrogens (tertiary/aromatic N) is 1. The second-order valence-corrected chi connectivity index (χ2v) is 8.81. The summed E-state index contributed by atoms with van der Waals surface area (Å²) in [7, 11) is 4.31. The van der Waals surface area contributed by atoms with Crippen LogP contribution >= 0.6 is 0 Å². The van der Waals surface area contributed by atoms with Crippen LogP contribution in [0.3, 0.4) is 0 Å². The number of hydrogen-bond donors (Lipinski definition) is 0. The van der Waals surface area contributed by atoms with Crippen molar-refractivity contribution in [2.45, 2.75) is 11.0 Å². The van der Waals surface area contributed by atoms with Crippen LogP contribution in [0.2, 0.25) is 11.0 Å². The van der Waals surface area contributed by atoms with Gasteiger partial charge >= 0.3 is 45.1 Å². The molecule has 2 heteroatoms. The monoisotopic (exact) mass is 143 g/mol. The van der Waals surface area contributed by atoms with Crippen LogP contribution in [0.5, 0.6) is 0 Å². The van der Waals surface area contributed by atoms with Gasteiger partial charge in [-0.3, -0.25) is 0 Å². The first-order valence-electron chi connectivity index (χ1n) is 2.31. The van der Waals surface area contributed by atoms with Crippen LogP contribution in [-0.2, 0) is 0 Å². The zero-order valence-corrected chi connectivity index (χ0v) is 7.45. The fourth-order valence-corrected chi connectivity index (χ4v) is 0. The maximum absolute atomic E-state index is 2.35. The van der Waals surface area contributed by atoms with Crippen molar-refractivity contribution < 1.29 is 0 Å². The van der Waals surface area contributed by atoms with Crippen molar-refractivity contribution in [2.24, 2.45) is 0 Å². The van der Waals surface area contributed by atoms with Crippen LogP contribution in [-0.4, -0.2) is 34.2 Å². The minimum absolute atomic E-state index is 0.794. The first-order valence-corrected chi connectivity index (χ1v) is 8.24. The number of rotatable bonds is 1. The van der Waals surface area contributed by atoms with E-state index in [-0.39, 0.29) is 0 Å². The van der Waals surface area contributed by atoms with Gasteiger partial charge in [0.15, 0.2) is 0 Å². The molecule has 0 saturated carbocycles. The van der Waals surface area contributed by atoms with Gasteiger partial charge in [0.2, 0.25) is 0 Å². The SMILES string of the molecule is C[N](C)[Ga]([CH3])[CH3]. The molecule has 0 aromatic heterocycles. The molecule has 36 valence electrons. The molecule has 0 unspecified atom stereocenters. The average molecular weight is 144 g/mol. The van der Waals surface area contributed by atoms with Gasteiger partial charge in [0.05, 0.1) is 0 Å². The first-order chi connectivity index (χ1) is 2.64. The molecule has 0 aromatic carbocycles. The van der Waals surface area contributed by atoms with Crippen molar-refractivity contribution in [3.63, 3.8) is 0 Å². The van der Waals surface area contributed by atoms with Crippen LogP contribution in [0.4, 0.5) is 0 Å². The van der Waals surface area contributed by atoms with Gasteiger partial charge in [-0.15, -0.1) is 0 Å². The summed E-state index contributed by atoms with van der Waals surface area (Å²) < 4.78 is 2.35. The molecule has 0 aromatic rings. The molecule has 0 saturated heterocycles. The summed E-state index contributed by atoms with van der Waals surface area (Å²) in [5, 5.41) is 0. The molecule has 0 aliphatic heterocycles. The molecule has 6 heavy (non-hydrogen) atoms. The zero-order valence-electron chi connectivity index (χ0n) is 5.02. The summed E-state index contributed by atoms with van der Waals surface area (Å²) in [5.74, 6) is 0. The molecule has 1 nitrogen and oxygen atoms in total. The molecule has 0 radical (unpaired) electrons. The van der Waals surface area contributed by atoms with Gasteiger partial charge in [-0.1, -0.05) is 0 Å². The average Bonchev–Trinajstić information content (AvgIpc) is 1.36. The van der Waals surface area contributed by atoms with E-state index in [1.54, 1.807) is 0 Å². The third-order valence-corrected chi connectivity index (χ3v) is 5.37. The van der Waals surface area contributed by atoms with E-state index in [0.717, 1.165) is 0 Å². The second-order valence-electron chi connectivity index (χ2n) is 2.06. The van der Waals surface area contributed by atoms with Crippen LogP contribution in [0.1, 0.15) is 0 Å². The predicted molar refractivity (Wildman–Crippen MR) is 31.2 cm³/mol. The van der Waals surface area contributed by atoms with Crippen LogP contribution < -0.4 is 0 Å². The van der Waals surface area contributed by atoms with Crippen molar-refractivity contribution >= 4 is 16.5 Å². The zero-order chi connectivity index (χ0) is 5.15. The number of hydrogen-bond acceptors (Lipinski definition) is 1. The Morgan fingerprint density at radius 1 is 1.17 bits per heavy atom. The summed E-state index contributed by atoms with van der Waals surface area (Å²) in [6, 6.07) is 0. The molecule has 0 N–H and O–H groups in total. The molecule has 0 heterocycles. The molecule has 0 atom stereocenters. The Morgan fingerprint density at radius 2 is 1.33 bits per heavy atom. The van der Waals surface area contributed by atoms with E-state index in [2.05, 4.69) is 28.7 Å². The molecule has 0 aliphatic rings. The van der Waals surface area contributed by atoms with Crippen LogP contribution in [0, 0.1) is 0 Å². The Kier molecular flexibility index (Phi) is 2.99.